The summed E-state index contributed by atoms with van der Waals surface area (Å²) >= 11 is 1.84. The summed E-state index contributed by atoms with van der Waals surface area (Å²) in [5.41, 5.74) is 0. The van der Waals surface area contributed by atoms with E-state index in [1.54, 1.807) is 6.20 Å². The highest BCUT2D eigenvalue weighted by Gasteiger charge is 1.96. The van der Waals surface area contributed by atoms with E-state index in [1.807, 2.05) is 23.9 Å². The highest BCUT2D eigenvalue weighted by atomic mass is 32.1. The van der Waals surface area contributed by atoms with Gasteiger partial charge in [-0.2, -0.15) is 0 Å². The molecule has 0 aliphatic heterocycles. The molecular weight excluding hydrogens is 168 g/mol. The normalized spacial score (nSPS) is 10.4. The Morgan fingerprint density at radius 2 is 2.42 bits per heavy atom. The maximum absolute atomic E-state index is 3.99. The smallest absolute Gasteiger partial charge is 0.0949 e. The molecule has 2 aromatic heterocycles. The minimum Gasteiger partial charge on any atom is -0.332 e. The molecule has 2 aromatic rings. The summed E-state index contributed by atoms with van der Waals surface area (Å²) in [6, 6.07) is 4.32. The fourth-order valence-electron chi connectivity index (χ4n) is 1.13. The van der Waals surface area contributed by atoms with E-state index in [9.17, 15) is 0 Å². The molecule has 62 valence electrons. The predicted molar refractivity (Wildman–Crippen MR) is 50.4 cm³/mol. The van der Waals surface area contributed by atoms with Gasteiger partial charge in [0, 0.05) is 22.1 Å². The van der Waals surface area contributed by atoms with Gasteiger partial charge in [0.25, 0.3) is 0 Å². The van der Waals surface area contributed by atoms with Gasteiger partial charge >= 0.3 is 0 Å². The number of imidazole rings is 1. The molecule has 2 heterocycles. The first kappa shape index (κ1) is 7.55. The van der Waals surface area contributed by atoms with Gasteiger partial charge in [-0.3, -0.25) is 0 Å². The molecule has 0 amide bonds. The zero-order chi connectivity index (χ0) is 8.39. The highest BCUT2D eigenvalue weighted by molar-refractivity contribution is 7.11. The maximum atomic E-state index is 3.99. The van der Waals surface area contributed by atoms with Crippen LogP contribution in [0.2, 0.25) is 0 Å². The minimum atomic E-state index is 0.943. The van der Waals surface area contributed by atoms with Gasteiger partial charge in [-0.1, -0.05) is 0 Å². The third-order valence-electron chi connectivity index (χ3n) is 1.69. The fraction of sp³-hybridized carbons (Fsp3) is 0.222. The van der Waals surface area contributed by atoms with Crippen LogP contribution in [0.1, 0.15) is 9.75 Å². The van der Waals surface area contributed by atoms with Crippen LogP contribution in [0, 0.1) is 6.92 Å². The molecule has 0 N–H and O–H groups in total. The van der Waals surface area contributed by atoms with E-state index in [2.05, 4.69) is 28.6 Å². The predicted octanol–water partition coefficient (Wildman–Crippen LogP) is 2.30. The van der Waals surface area contributed by atoms with Crippen molar-refractivity contribution in [2.24, 2.45) is 0 Å². The molecule has 0 bridgehead atoms. The van der Waals surface area contributed by atoms with E-state index in [0.717, 1.165) is 6.54 Å². The number of nitrogens with zero attached hydrogens (tertiary/aromatic N) is 2. The Bertz CT molecular complexity index is 348. The molecule has 0 unspecified atom stereocenters. The van der Waals surface area contributed by atoms with Crippen LogP contribution in [-0.4, -0.2) is 9.55 Å². The van der Waals surface area contributed by atoms with Gasteiger partial charge in [-0.15, -0.1) is 11.3 Å². The van der Waals surface area contributed by atoms with E-state index in [4.69, 9.17) is 0 Å². The highest BCUT2D eigenvalue weighted by Crippen LogP contribution is 2.15. The molecule has 2 rings (SSSR count). The second-order valence-electron chi connectivity index (χ2n) is 2.75. The van der Waals surface area contributed by atoms with E-state index in [1.165, 1.54) is 9.75 Å². The number of rotatable bonds is 2. The molecule has 0 saturated carbocycles. The average Bonchev–Trinajstić information content (AvgIpc) is 2.63. The molecule has 0 aromatic carbocycles. The van der Waals surface area contributed by atoms with Crippen LogP contribution in [-0.2, 0) is 6.54 Å². The Kier molecular flexibility index (Phi) is 1.96. The second kappa shape index (κ2) is 3.11. The molecule has 0 aliphatic carbocycles. The number of hydrogen-bond acceptors (Lipinski definition) is 2. The van der Waals surface area contributed by atoms with Gasteiger partial charge < -0.3 is 4.57 Å². The zero-order valence-corrected chi connectivity index (χ0v) is 7.71. The topological polar surface area (TPSA) is 17.8 Å². The van der Waals surface area contributed by atoms with Crippen molar-refractivity contribution in [2.75, 3.05) is 0 Å². The summed E-state index contributed by atoms with van der Waals surface area (Å²) in [5.74, 6) is 0. The van der Waals surface area contributed by atoms with Crippen LogP contribution >= 0.6 is 11.3 Å². The Morgan fingerprint density at radius 3 is 3.00 bits per heavy atom. The monoisotopic (exact) mass is 178 g/mol. The van der Waals surface area contributed by atoms with Gasteiger partial charge in [0.15, 0.2) is 0 Å². The number of aromatic nitrogens is 2. The van der Waals surface area contributed by atoms with Gasteiger partial charge in [-0.25, -0.2) is 4.98 Å². The lowest BCUT2D eigenvalue weighted by Gasteiger charge is -1.96. The van der Waals surface area contributed by atoms with Crippen LogP contribution in [0.5, 0.6) is 0 Å². The Labute approximate surface area is 75.5 Å². The van der Waals surface area contributed by atoms with E-state index in [0.29, 0.717) is 0 Å². The largest absolute Gasteiger partial charge is 0.332 e. The van der Waals surface area contributed by atoms with Crippen LogP contribution in [0.4, 0.5) is 0 Å². The molecular formula is C9H10N2S. The summed E-state index contributed by atoms with van der Waals surface area (Å²) < 4.78 is 2.07. The summed E-state index contributed by atoms with van der Waals surface area (Å²) in [4.78, 5) is 6.74. The molecule has 0 aliphatic rings. The van der Waals surface area contributed by atoms with E-state index >= 15 is 0 Å². The van der Waals surface area contributed by atoms with Gasteiger partial charge in [0.2, 0.25) is 0 Å². The van der Waals surface area contributed by atoms with Crippen LogP contribution in [0.25, 0.3) is 0 Å². The third-order valence-corrected chi connectivity index (χ3v) is 2.68. The van der Waals surface area contributed by atoms with Crippen molar-refractivity contribution in [1.82, 2.24) is 9.55 Å². The van der Waals surface area contributed by atoms with E-state index in [-0.39, 0.29) is 0 Å². The van der Waals surface area contributed by atoms with Crippen molar-refractivity contribution >= 4 is 11.3 Å². The lowest BCUT2D eigenvalue weighted by molar-refractivity contribution is 0.810. The summed E-state index contributed by atoms with van der Waals surface area (Å²) in [7, 11) is 0. The maximum Gasteiger partial charge on any atom is 0.0949 e. The Morgan fingerprint density at radius 1 is 1.50 bits per heavy atom. The molecule has 0 atom stereocenters. The van der Waals surface area contributed by atoms with E-state index < -0.39 is 0 Å². The van der Waals surface area contributed by atoms with Gasteiger partial charge in [0.1, 0.15) is 0 Å². The summed E-state index contributed by atoms with van der Waals surface area (Å²) in [6.45, 7) is 3.07. The SMILES string of the molecule is Cc1ccc(Cn2ccnc2)s1. The molecule has 3 heteroatoms. The van der Waals surface area contributed by atoms with Gasteiger partial charge in [-0.05, 0) is 19.1 Å². The van der Waals surface area contributed by atoms with Crippen LogP contribution in [0.3, 0.4) is 0 Å². The first-order valence-corrected chi connectivity index (χ1v) is 4.67. The van der Waals surface area contributed by atoms with Crippen molar-refractivity contribution < 1.29 is 0 Å². The number of thiophene rings is 1. The molecule has 2 nitrogen and oxygen atoms in total. The molecule has 0 fully saturated rings. The standard InChI is InChI=1S/C9H10N2S/c1-8-2-3-9(12-8)6-11-5-4-10-7-11/h2-5,7H,6H2,1H3. The van der Waals surface area contributed by atoms with Crippen molar-refractivity contribution in [3.8, 4) is 0 Å². The lowest BCUT2D eigenvalue weighted by Crippen LogP contribution is -1.92. The molecule has 12 heavy (non-hydrogen) atoms. The van der Waals surface area contributed by atoms with Crippen molar-refractivity contribution in [3.63, 3.8) is 0 Å². The summed E-state index contributed by atoms with van der Waals surface area (Å²) in [6.07, 6.45) is 5.63. The number of aryl methyl sites for hydroxylation is 1. The lowest BCUT2D eigenvalue weighted by atomic mass is 10.4. The van der Waals surface area contributed by atoms with Crippen LogP contribution in [0.15, 0.2) is 30.9 Å². The van der Waals surface area contributed by atoms with Gasteiger partial charge in [0.05, 0.1) is 12.9 Å². The van der Waals surface area contributed by atoms with Crippen molar-refractivity contribution in [3.05, 3.63) is 40.6 Å². The Hall–Kier alpha value is -1.09. The van der Waals surface area contributed by atoms with Crippen molar-refractivity contribution in [2.45, 2.75) is 13.5 Å². The molecule has 0 spiro atoms. The second-order valence-corrected chi connectivity index (χ2v) is 4.12. The Balaban J connectivity index is 2.14. The third kappa shape index (κ3) is 1.56. The minimum absolute atomic E-state index is 0.943. The quantitative estimate of drug-likeness (QED) is 0.690. The summed E-state index contributed by atoms with van der Waals surface area (Å²) in [5, 5.41) is 0. The zero-order valence-electron chi connectivity index (χ0n) is 6.90. The van der Waals surface area contributed by atoms with Crippen molar-refractivity contribution in [1.29, 1.82) is 0 Å². The molecule has 0 saturated heterocycles. The molecule has 0 radical (unpaired) electrons. The average molecular weight is 178 g/mol. The first-order chi connectivity index (χ1) is 5.84. The van der Waals surface area contributed by atoms with Crippen LogP contribution < -0.4 is 0 Å². The fourth-order valence-corrected chi connectivity index (χ4v) is 2.03. The first-order valence-electron chi connectivity index (χ1n) is 3.85. The number of hydrogen-bond donors (Lipinski definition) is 0.